The van der Waals surface area contributed by atoms with E-state index >= 15 is 0 Å². The van der Waals surface area contributed by atoms with Crippen LogP contribution >= 0.6 is 46.3 Å². The molecule has 5 rings (SSSR count). The van der Waals surface area contributed by atoms with Crippen LogP contribution in [0.1, 0.15) is 28.7 Å². The van der Waals surface area contributed by atoms with E-state index in [1.54, 1.807) is 48.5 Å². The number of thiazole rings is 1. The number of fused-ring (bicyclic) bond motifs is 2. The molecule has 0 aliphatic carbocycles. The number of carboxylic acids is 1. The second-order valence-corrected chi connectivity index (χ2v) is 15.1. The number of amides is 1. The van der Waals surface area contributed by atoms with Gasteiger partial charge in [0.05, 0.1) is 29.1 Å². The standard InChI is InChI=1S/C31H28Cl2N4O7S3/c1-19(31(40)41)36(23-7-3-20(17-38)4-8-23)16-28(39)34-18-37-25-14-22(33)6-10-27(25)46-30(37)15-29-35(11-2-12-47(42,43)44)24-13-21(32)5-9-26(24)45-29/h3-10,13-15,17,19H,2,11-12,16,18H2,1H3,(H2-,34,39,40,41,42,43,44)/p+1. The molecule has 2 heterocycles. The first-order valence-electron chi connectivity index (χ1n) is 14.2. The summed E-state index contributed by atoms with van der Waals surface area (Å²) >= 11 is 15.6. The van der Waals surface area contributed by atoms with Crippen LogP contribution in [0.15, 0.2) is 70.6 Å². The lowest BCUT2D eigenvalue weighted by molar-refractivity contribution is -0.672. The average molecular weight is 737 g/mol. The van der Waals surface area contributed by atoms with E-state index in [9.17, 15) is 32.5 Å². The SMILES string of the molecule is CC(C(=O)O)N(CC(=O)NC[n+]1c(/C=C2\Sc3ccc(Cl)cc3N2CCCS(=O)(=O)O)sc2ccc(Cl)cc21)c1ccc(C=O)cc1. The topological polar surface area (TPSA) is 148 Å². The van der Waals surface area contributed by atoms with Crippen molar-refractivity contribution >= 4 is 102 Å². The molecule has 3 aromatic carbocycles. The number of halogens is 2. The quantitative estimate of drug-likeness (QED) is 0.0907. The van der Waals surface area contributed by atoms with Crippen molar-refractivity contribution in [2.45, 2.75) is 31.0 Å². The molecule has 246 valence electrons. The number of aromatic nitrogens is 1. The number of aliphatic carboxylic acids is 1. The van der Waals surface area contributed by atoms with Crippen molar-refractivity contribution in [1.82, 2.24) is 5.32 Å². The highest BCUT2D eigenvalue weighted by atomic mass is 35.5. The molecule has 47 heavy (non-hydrogen) atoms. The Morgan fingerprint density at radius 3 is 2.47 bits per heavy atom. The zero-order valence-corrected chi connectivity index (χ0v) is 28.8. The van der Waals surface area contributed by atoms with E-state index in [0.29, 0.717) is 34.1 Å². The third-order valence-corrected chi connectivity index (χ3v) is 10.8. The van der Waals surface area contributed by atoms with E-state index in [1.165, 1.54) is 34.9 Å². The Morgan fingerprint density at radius 1 is 1.09 bits per heavy atom. The van der Waals surface area contributed by atoms with Gasteiger partial charge in [-0.2, -0.15) is 13.0 Å². The Balaban J connectivity index is 1.44. The van der Waals surface area contributed by atoms with Crippen molar-refractivity contribution in [3.8, 4) is 0 Å². The number of nitrogens with zero attached hydrogens (tertiary/aromatic N) is 3. The zero-order chi connectivity index (χ0) is 33.9. The van der Waals surface area contributed by atoms with Crippen molar-refractivity contribution in [2.75, 3.05) is 28.6 Å². The second-order valence-electron chi connectivity index (χ2n) is 10.6. The molecule has 1 amide bonds. The molecule has 1 aliphatic rings. The van der Waals surface area contributed by atoms with E-state index in [2.05, 4.69) is 5.32 Å². The Bertz CT molecular complexity index is 1980. The van der Waals surface area contributed by atoms with Gasteiger partial charge in [-0.3, -0.25) is 19.5 Å². The van der Waals surface area contributed by atoms with Gasteiger partial charge in [0, 0.05) is 38.8 Å². The molecule has 0 fully saturated rings. The van der Waals surface area contributed by atoms with Crippen molar-refractivity contribution in [2.24, 2.45) is 0 Å². The van der Waals surface area contributed by atoms with Gasteiger partial charge in [0.15, 0.2) is 0 Å². The predicted octanol–water partition coefficient (Wildman–Crippen LogP) is 5.55. The molecule has 11 nitrogen and oxygen atoms in total. The van der Waals surface area contributed by atoms with Crippen molar-refractivity contribution in [3.05, 3.63) is 86.3 Å². The highest BCUT2D eigenvalue weighted by Gasteiger charge is 2.29. The van der Waals surface area contributed by atoms with Gasteiger partial charge < -0.3 is 14.9 Å². The van der Waals surface area contributed by atoms with Crippen LogP contribution in [0.2, 0.25) is 10.0 Å². The summed E-state index contributed by atoms with van der Waals surface area (Å²) in [6.07, 6.45) is 2.79. The van der Waals surface area contributed by atoms with Gasteiger partial charge in [-0.1, -0.05) is 46.3 Å². The summed E-state index contributed by atoms with van der Waals surface area (Å²) in [6, 6.07) is 16.2. The maximum atomic E-state index is 13.3. The highest BCUT2D eigenvalue weighted by Crippen LogP contribution is 2.48. The molecule has 1 aromatic heterocycles. The number of carbonyl (C=O) groups is 3. The minimum atomic E-state index is -4.15. The Morgan fingerprint density at radius 2 is 1.79 bits per heavy atom. The zero-order valence-electron chi connectivity index (χ0n) is 24.8. The summed E-state index contributed by atoms with van der Waals surface area (Å²) in [7, 11) is -4.15. The maximum absolute atomic E-state index is 13.3. The average Bonchev–Trinajstić information content (AvgIpc) is 3.54. The smallest absolute Gasteiger partial charge is 0.326 e. The lowest BCUT2D eigenvalue weighted by Crippen LogP contribution is -2.50. The van der Waals surface area contributed by atoms with Gasteiger partial charge in [0.1, 0.15) is 17.0 Å². The summed E-state index contributed by atoms with van der Waals surface area (Å²) in [5, 5.41) is 15.2. The Hall–Kier alpha value is -3.66. The van der Waals surface area contributed by atoms with Crippen LogP contribution in [0.3, 0.4) is 0 Å². The molecule has 0 spiro atoms. The molecule has 1 aliphatic heterocycles. The molecule has 0 bridgehead atoms. The second kappa shape index (κ2) is 14.6. The summed E-state index contributed by atoms with van der Waals surface area (Å²) in [5.74, 6) is -1.95. The minimum Gasteiger partial charge on any atom is -0.480 e. The molecule has 3 N–H and O–H groups in total. The van der Waals surface area contributed by atoms with Gasteiger partial charge in [0.25, 0.3) is 15.1 Å². The number of hydrogen-bond acceptors (Lipinski definition) is 9. The van der Waals surface area contributed by atoms with E-state index in [0.717, 1.165) is 30.8 Å². The molecule has 0 saturated carbocycles. The number of rotatable bonds is 13. The first-order valence-corrected chi connectivity index (χ1v) is 18.2. The number of aldehydes is 1. The molecule has 0 radical (unpaired) electrons. The summed E-state index contributed by atoms with van der Waals surface area (Å²) < 4.78 is 34.9. The van der Waals surface area contributed by atoms with Crippen molar-refractivity contribution in [3.63, 3.8) is 0 Å². The molecule has 0 saturated heterocycles. The monoisotopic (exact) mass is 735 g/mol. The fourth-order valence-electron chi connectivity index (χ4n) is 4.98. The highest BCUT2D eigenvalue weighted by molar-refractivity contribution is 8.03. The number of hydrogen-bond donors (Lipinski definition) is 3. The van der Waals surface area contributed by atoms with Crippen LogP contribution in [0.5, 0.6) is 0 Å². The van der Waals surface area contributed by atoms with E-state index in [-0.39, 0.29) is 19.6 Å². The van der Waals surface area contributed by atoms with E-state index < -0.39 is 33.8 Å². The maximum Gasteiger partial charge on any atom is 0.326 e. The third-order valence-electron chi connectivity index (χ3n) is 7.35. The van der Waals surface area contributed by atoms with Crippen molar-refractivity contribution < 1.29 is 37.0 Å². The fraction of sp³-hybridized carbons (Fsp3) is 0.226. The number of anilines is 2. The number of nitrogens with one attached hydrogen (secondary N) is 1. The van der Waals surface area contributed by atoms with Gasteiger partial charge in [-0.05, 0) is 67.9 Å². The molecule has 1 unspecified atom stereocenters. The molecular weight excluding hydrogens is 707 g/mol. The van der Waals surface area contributed by atoms with Gasteiger partial charge in [0.2, 0.25) is 18.1 Å². The van der Waals surface area contributed by atoms with Gasteiger partial charge >= 0.3 is 5.97 Å². The number of carbonyl (C=O) groups excluding carboxylic acids is 2. The normalized spacial score (nSPS) is 14.3. The molecule has 1 atom stereocenters. The number of benzene rings is 3. The number of thioether (sulfide) groups is 1. The molecular formula is C31H29Cl2N4O7S3+. The Labute approximate surface area is 289 Å². The van der Waals surface area contributed by atoms with Crippen LogP contribution in [-0.4, -0.2) is 61.1 Å². The summed E-state index contributed by atoms with van der Waals surface area (Å²) in [4.78, 5) is 40.6. The lowest BCUT2D eigenvalue weighted by atomic mass is 10.1. The minimum absolute atomic E-state index is 0.0316. The Kier molecular flexibility index (Phi) is 10.8. The third kappa shape index (κ3) is 8.44. The number of carboxylic acid groups (broad SMARTS) is 1. The van der Waals surface area contributed by atoms with Crippen LogP contribution < -0.4 is 19.7 Å². The van der Waals surface area contributed by atoms with Crippen molar-refractivity contribution in [1.29, 1.82) is 0 Å². The van der Waals surface area contributed by atoms with E-state index in [1.807, 2.05) is 27.7 Å². The predicted molar refractivity (Wildman–Crippen MR) is 185 cm³/mol. The first-order chi connectivity index (χ1) is 22.3. The van der Waals surface area contributed by atoms with Gasteiger partial charge in [-0.15, -0.1) is 0 Å². The van der Waals surface area contributed by atoms with Crippen LogP contribution in [0.4, 0.5) is 11.4 Å². The van der Waals surface area contributed by atoms with Crippen LogP contribution in [-0.2, 0) is 26.4 Å². The largest absolute Gasteiger partial charge is 0.480 e. The first kappa shape index (κ1) is 34.7. The summed E-state index contributed by atoms with van der Waals surface area (Å²) in [5.41, 5.74) is 2.46. The molecule has 16 heteroatoms. The lowest BCUT2D eigenvalue weighted by Gasteiger charge is -2.28. The van der Waals surface area contributed by atoms with Gasteiger partial charge in [-0.25, -0.2) is 4.79 Å². The van der Waals surface area contributed by atoms with E-state index in [4.69, 9.17) is 23.2 Å². The summed E-state index contributed by atoms with van der Waals surface area (Å²) in [6.45, 7) is 1.54. The van der Waals surface area contributed by atoms with Crippen LogP contribution in [0.25, 0.3) is 16.3 Å². The fourth-order valence-corrected chi connectivity index (χ4v) is 8.06. The van der Waals surface area contributed by atoms with Crippen LogP contribution in [0, 0.1) is 0 Å². The molecule has 4 aromatic rings.